The summed E-state index contributed by atoms with van der Waals surface area (Å²) >= 11 is 3.52. The maximum atomic E-state index is 13.9. The Kier molecular flexibility index (Phi) is 6.91. The van der Waals surface area contributed by atoms with E-state index in [1.807, 2.05) is 72.8 Å². The molecule has 1 aromatic heterocycles. The van der Waals surface area contributed by atoms with Crippen LogP contribution in [0, 0.1) is 9.49 Å². The Morgan fingerprint density at radius 1 is 1.15 bits per heavy atom. The van der Waals surface area contributed by atoms with Crippen LogP contribution in [0.25, 0.3) is 6.08 Å². The Balaban J connectivity index is 1.43. The lowest BCUT2D eigenvalue weighted by Crippen LogP contribution is -2.58. The third kappa shape index (κ3) is 4.58. The summed E-state index contributed by atoms with van der Waals surface area (Å²) in [5.41, 5.74) is 0.971. The second-order valence-electron chi connectivity index (χ2n) is 9.63. The fourth-order valence-corrected chi connectivity index (χ4v) is 6.73. The van der Waals surface area contributed by atoms with Gasteiger partial charge in [-0.15, -0.1) is 0 Å². The zero-order valence-electron chi connectivity index (χ0n) is 21.9. The number of halogens is 1. The number of nitrogens with zero attached hydrogens (tertiary/aromatic N) is 2. The zero-order valence-corrected chi connectivity index (χ0v) is 24.9. The summed E-state index contributed by atoms with van der Waals surface area (Å²) in [6.07, 6.45) is 1.83. The van der Waals surface area contributed by atoms with E-state index in [2.05, 4.69) is 22.6 Å². The Hall–Kier alpha value is -3.64. The summed E-state index contributed by atoms with van der Waals surface area (Å²) in [5, 5.41) is 0. The molecule has 0 radical (unpaired) electrons. The summed E-state index contributed by atoms with van der Waals surface area (Å²) in [4.78, 5) is 32.1. The van der Waals surface area contributed by atoms with Crippen molar-refractivity contribution in [3.63, 3.8) is 0 Å². The number of rotatable bonds is 6. The van der Waals surface area contributed by atoms with Crippen molar-refractivity contribution in [3.8, 4) is 17.2 Å². The SMILES string of the molecule is COC(=O)[C@@H]1[C@H]2c3ccccc3O[C@@]1(C)N=c1s/c(=C/c3ccc(OC)c(COc4ccc(I)cc4)c3)c(=O)n12. The lowest BCUT2D eigenvalue weighted by molar-refractivity contribution is -0.158. The van der Waals surface area contributed by atoms with Gasteiger partial charge in [0.1, 0.15) is 29.8 Å². The predicted molar refractivity (Wildman–Crippen MR) is 159 cm³/mol. The maximum absolute atomic E-state index is 13.9. The molecular weight excluding hydrogens is 643 g/mol. The van der Waals surface area contributed by atoms with Gasteiger partial charge in [-0.05, 0) is 83.6 Å². The number of hydrogen-bond acceptors (Lipinski definition) is 8. The lowest BCUT2D eigenvalue weighted by atomic mass is 9.81. The predicted octanol–water partition coefficient (Wildman–Crippen LogP) is 4.05. The number of esters is 1. The maximum Gasteiger partial charge on any atom is 0.317 e. The van der Waals surface area contributed by atoms with E-state index in [9.17, 15) is 9.59 Å². The normalized spacial score (nSPS) is 20.9. The van der Waals surface area contributed by atoms with E-state index < -0.39 is 23.7 Å². The number of aromatic nitrogens is 1. The van der Waals surface area contributed by atoms with Gasteiger partial charge >= 0.3 is 5.97 Å². The third-order valence-electron chi connectivity index (χ3n) is 7.15. The molecule has 2 bridgehead atoms. The Morgan fingerprint density at radius 2 is 1.93 bits per heavy atom. The minimum atomic E-state index is -1.21. The first-order valence-corrected chi connectivity index (χ1v) is 14.4. The number of carbonyl (C=O) groups is 1. The second-order valence-corrected chi connectivity index (χ2v) is 11.9. The van der Waals surface area contributed by atoms with Crippen molar-refractivity contribution in [3.05, 3.63) is 107 Å². The average Bonchev–Trinajstić information content (AvgIpc) is 3.24. The average molecular weight is 669 g/mol. The molecule has 10 heteroatoms. The highest BCUT2D eigenvalue weighted by Gasteiger charge is 2.55. The molecule has 0 saturated carbocycles. The molecule has 6 rings (SSSR count). The number of carbonyl (C=O) groups excluding carboxylic acids is 1. The van der Waals surface area contributed by atoms with Gasteiger partial charge in [-0.25, -0.2) is 4.99 Å². The van der Waals surface area contributed by atoms with Crippen molar-refractivity contribution in [1.29, 1.82) is 0 Å². The minimum absolute atomic E-state index is 0.228. The molecule has 2 aliphatic rings. The van der Waals surface area contributed by atoms with Crippen molar-refractivity contribution in [2.45, 2.75) is 25.3 Å². The van der Waals surface area contributed by atoms with Crippen LogP contribution in [0.2, 0.25) is 0 Å². The molecule has 0 unspecified atom stereocenters. The molecule has 4 aromatic rings. The molecule has 0 spiro atoms. The molecule has 0 saturated heterocycles. The van der Waals surface area contributed by atoms with Crippen LogP contribution in [0.5, 0.6) is 17.2 Å². The van der Waals surface area contributed by atoms with Crippen LogP contribution in [-0.4, -0.2) is 30.5 Å². The molecule has 204 valence electrons. The number of ether oxygens (including phenoxy) is 4. The monoisotopic (exact) mass is 668 g/mol. The summed E-state index contributed by atoms with van der Waals surface area (Å²) in [6, 6.07) is 20.3. The number of methoxy groups -OCH3 is 2. The van der Waals surface area contributed by atoms with Crippen LogP contribution in [0.1, 0.15) is 29.7 Å². The van der Waals surface area contributed by atoms with Gasteiger partial charge < -0.3 is 18.9 Å². The van der Waals surface area contributed by atoms with Crippen molar-refractivity contribution >= 4 is 46.0 Å². The highest BCUT2D eigenvalue weighted by molar-refractivity contribution is 14.1. The van der Waals surface area contributed by atoms with E-state index in [0.717, 1.165) is 26.0 Å². The fraction of sp³-hybridized carbons (Fsp3) is 0.233. The van der Waals surface area contributed by atoms with Crippen molar-refractivity contribution < 1.29 is 23.7 Å². The van der Waals surface area contributed by atoms with Crippen LogP contribution in [-0.2, 0) is 16.1 Å². The van der Waals surface area contributed by atoms with Gasteiger partial charge in [-0.2, -0.15) is 0 Å². The lowest BCUT2D eigenvalue weighted by Gasteiger charge is -2.44. The number of para-hydroxylation sites is 1. The van der Waals surface area contributed by atoms with Gasteiger partial charge in [-0.1, -0.05) is 35.6 Å². The fourth-order valence-electron chi connectivity index (χ4n) is 5.28. The molecule has 40 heavy (non-hydrogen) atoms. The number of fused-ring (bicyclic) bond motifs is 6. The third-order valence-corrected chi connectivity index (χ3v) is 8.85. The number of thiazole rings is 1. The van der Waals surface area contributed by atoms with E-state index in [4.69, 9.17) is 23.9 Å². The molecule has 8 nitrogen and oxygen atoms in total. The molecule has 0 fully saturated rings. The number of hydrogen-bond donors (Lipinski definition) is 0. The first kappa shape index (κ1) is 26.6. The van der Waals surface area contributed by atoms with Crippen LogP contribution < -0.4 is 29.1 Å². The smallest absolute Gasteiger partial charge is 0.317 e. The van der Waals surface area contributed by atoms with Gasteiger partial charge in [0.15, 0.2) is 4.80 Å². The Bertz CT molecular complexity index is 1800. The molecule has 3 heterocycles. The summed E-state index contributed by atoms with van der Waals surface area (Å²) in [7, 11) is 2.95. The van der Waals surface area contributed by atoms with Gasteiger partial charge in [0.25, 0.3) is 5.56 Å². The first-order valence-electron chi connectivity index (χ1n) is 12.6. The molecule has 0 aliphatic carbocycles. The van der Waals surface area contributed by atoms with E-state index in [1.165, 1.54) is 18.4 Å². The van der Waals surface area contributed by atoms with E-state index in [-0.39, 0.29) is 5.56 Å². The van der Waals surface area contributed by atoms with Crippen molar-refractivity contribution in [2.24, 2.45) is 10.9 Å². The standard InChI is InChI=1S/C30H25IN2O6S/c1-30-25(28(35)37-3)26(21-6-4-5-7-23(21)39-30)33-27(34)24(40-29(33)32-30)15-17-8-13-22(36-2)18(14-17)16-38-20-11-9-19(31)10-12-20/h4-15,25-26H,16H2,1-3H3/b24-15+/t25-,26+,30+/m0/s1. The summed E-state index contributed by atoms with van der Waals surface area (Å²) in [6.45, 7) is 2.06. The molecule has 3 aromatic carbocycles. The Morgan fingerprint density at radius 3 is 2.67 bits per heavy atom. The summed E-state index contributed by atoms with van der Waals surface area (Å²) in [5.74, 6) is 0.751. The highest BCUT2D eigenvalue weighted by atomic mass is 127. The van der Waals surface area contributed by atoms with Crippen molar-refractivity contribution in [1.82, 2.24) is 4.57 Å². The van der Waals surface area contributed by atoms with E-state index in [0.29, 0.717) is 27.4 Å². The van der Waals surface area contributed by atoms with E-state index in [1.54, 1.807) is 18.6 Å². The molecular formula is C30H25IN2O6S. The van der Waals surface area contributed by atoms with Gasteiger partial charge in [-0.3, -0.25) is 14.2 Å². The Labute approximate surface area is 247 Å². The minimum Gasteiger partial charge on any atom is -0.496 e. The molecule has 2 aliphatic heterocycles. The van der Waals surface area contributed by atoms with Crippen molar-refractivity contribution in [2.75, 3.05) is 14.2 Å². The van der Waals surface area contributed by atoms with E-state index >= 15 is 0 Å². The van der Waals surface area contributed by atoms with Gasteiger partial charge in [0.05, 0.1) is 24.8 Å². The highest BCUT2D eigenvalue weighted by Crippen LogP contribution is 2.47. The van der Waals surface area contributed by atoms with Crippen LogP contribution in [0.4, 0.5) is 0 Å². The largest absolute Gasteiger partial charge is 0.496 e. The zero-order chi connectivity index (χ0) is 28.0. The van der Waals surface area contributed by atoms with Gasteiger partial charge in [0.2, 0.25) is 5.72 Å². The molecule has 3 atom stereocenters. The molecule has 0 amide bonds. The van der Waals surface area contributed by atoms with Crippen LogP contribution in [0.15, 0.2) is 76.5 Å². The van der Waals surface area contributed by atoms with Gasteiger partial charge in [0, 0.05) is 14.7 Å². The van der Waals surface area contributed by atoms with Crippen LogP contribution >= 0.6 is 33.9 Å². The molecule has 0 N–H and O–H groups in total. The van der Waals surface area contributed by atoms with Crippen LogP contribution in [0.3, 0.4) is 0 Å². The second kappa shape index (κ2) is 10.4. The summed E-state index contributed by atoms with van der Waals surface area (Å²) < 4.78 is 26.1. The number of benzene rings is 3. The quantitative estimate of drug-likeness (QED) is 0.228. The topological polar surface area (TPSA) is 88.4 Å². The first-order chi connectivity index (χ1) is 19.3.